The maximum atomic E-state index is 4.41. The number of nitrogens with one attached hydrogen (secondary N) is 1. The molecule has 0 saturated carbocycles. The van der Waals surface area contributed by atoms with Gasteiger partial charge in [-0.1, -0.05) is 43.7 Å². The van der Waals surface area contributed by atoms with Crippen molar-refractivity contribution >= 4 is 6.21 Å². The zero-order chi connectivity index (χ0) is 12.0. The van der Waals surface area contributed by atoms with Gasteiger partial charge in [0.15, 0.2) is 0 Å². The Morgan fingerprint density at radius 1 is 1.06 bits per heavy atom. The lowest BCUT2D eigenvalue weighted by Gasteiger charge is -2.17. The Balaban J connectivity index is 0.000000606. The van der Waals surface area contributed by atoms with Gasteiger partial charge in [0.2, 0.25) is 0 Å². The molecule has 0 radical (unpaired) electrons. The standard InChI is InChI=1S/C12H14N2.C2H6/c1-9-3-5-11(6-4-9)12-13-7-10(2)8-14-12;1-2/h3-8,12-13H,1-2H3;1-2H3. The van der Waals surface area contributed by atoms with Crippen molar-refractivity contribution in [3.05, 3.63) is 47.2 Å². The number of nitrogens with zero attached hydrogens (tertiary/aromatic N) is 1. The van der Waals surface area contributed by atoms with E-state index < -0.39 is 0 Å². The second-order valence-corrected chi connectivity index (χ2v) is 3.65. The number of aryl methyl sites for hydroxylation is 1. The van der Waals surface area contributed by atoms with Crippen molar-refractivity contribution in [2.45, 2.75) is 33.9 Å². The van der Waals surface area contributed by atoms with Crippen LogP contribution >= 0.6 is 0 Å². The molecule has 2 nitrogen and oxygen atoms in total. The highest BCUT2D eigenvalue weighted by Gasteiger charge is 2.08. The van der Waals surface area contributed by atoms with E-state index in [1.165, 1.54) is 11.1 Å². The minimum Gasteiger partial charge on any atom is -0.366 e. The molecule has 0 saturated heterocycles. The van der Waals surface area contributed by atoms with Gasteiger partial charge >= 0.3 is 0 Å². The van der Waals surface area contributed by atoms with Crippen molar-refractivity contribution < 1.29 is 0 Å². The van der Waals surface area contributed by atoms with Crippen LogP contribution in [0.5, 0.6) is 0 Å². The van der Waals surface area contributed by atoms with Gasteiger partial charge < -0.3 is 5.32 Å². The van der Waals surface area contributed by atoms with E-state index in [1.807, 2.05) is 33.2 Å². The summed E-state index contributed by atoms with van der Waals surface area (Å²) in [5.41, 5.74) is 3.64. The number of rotatable bonds is 1. The summed E-state index contributed by atoms with van der Waals surface area (Å²) in [6.07, 6.45) is 3.98. The summed E-state index contributed by atoms with van der Waals surface area (Å²) in [5, 5.41) is 3.24. The van der Waals surface area contributed by atoms with Crippen molar-refractivity contribution in [1.29, 1.82) is 0 Å². The highest BCUT2D eigenvalue weighted by molar-refractivity contribution is 5.78. The van der Waals surface area contributed by atoms with Crippen molar-refractivity contribution in [3.63, 3.8) is 0 Å². The van der Waals surface area contributed by atoms with Crippen molar-refractivity contribution in [3.8, 4) is 0 Å². The first-order chi connectivity index (χ1) is 7.75. The molecule has 1 aliphatic heterocycles. The molecule has 86 valence electrons. The van der Waals surface area contributed by atoms with E-state index in [2.05, 4.69) is 41.5 Å². The average molecular weight is 216 g/mol. The molecule has 2 rings (SSSR count). The molecule has 0 spiro atoms. The van der Waals surface area contributed by atoms with Crippen LogP contribution in [0.3, 0.4) is 0 Å². The molecule has 0 aliphatic carbocycles. The monoisotopic (exact) mass is 216 g/mol. The van der Waals surface area contributed by atoms with Gasteiger partial charge in [-0.3, -0.25) is 4.99 Å². The summed E-state index contributed by atoms with van der Waals surface area (Å²) in [7, 11) is 0. The first kappa shape index (κ1) is 12.5. The Morgan fingerprint density at radius 2 is 1.69 bits per heavy atom. The maximum Gasteiger partial charge on any atom is 0.144 e. The van der Waals surface area contributed by atoms with E-state index in [9.17, 15) is 0 Å². The minimum absolute atomic E-state index is 0.0827. The fraction of sp³-hybridized carbons (Fsp3) is 0.357. The predicted molar refractivity (Wildman–Crippen MR) is 70.7 cm³/mol. The lowest BCUT2D eigenvalue weighted by Crippen LogP contribution is -2.17. The Hall–Kier alpha value is -1.57. The Bertz CT molecular complexity index is 374. The van der Waals surface area contributed by atoms with Crippen LogP contribution in [0, 0.1) is 6.92 Å². The molecule has 0 amide bonds. The number of benzene rings is 1. The smallest absolute Gasteiger partial charge is 0.144 e. The van der Waals surface area contributed by atoms with Gasteiger partial charge in [-0.25, -0.2) is 0 Å². The van der Waals surface area contributed by atoms with E-state index in [0.29, 0.717) is 0 Å². The van der Waals surface area contributed by atoms with E-state index in [-0.39, 0.29) is 6.17 Å². The average Bonchev–Trinajstić information content (AvgIpc) is 2.34. The quantitative estimate of drug-likeness (QED) is 0.762. The molecule has 16 heavy (non-hydrogen) atoms. The van der Waals surface area contributed by atoms with Crippen LogP contribution in [0.25, 0.3) is 0 Å². The largest absolute Gasteiger partial charge is 0.366 e. The molecule has 1 N–H and O–H groups in total. The summed E-state index contributed by atoms with van der Waals surface area (Å²) in [6, 6.07) is 8.44. The van der Waals surface area contributed by atoms with Crippen molar-refractivity contribution in [2.75, 3.05) is 0 Å². The maximum absolute atomic E-state index is 4.41. The number of hydrogen-bond acceptors (Lipinski definition) is 2. The lowest BCUT2D eigenvalue weighted by atomic mass is 10.1. The Morgan fingerprint density at radius 3 is 2.19 bits per heavy atom. The summed E-state index contributed by atoms with van der Waals surface area (Å²) >= 11 is 0. The SMILES string of the molecule is CC.CC1=CNC(c2ccc(C)cc2)N=C1. The molecule has 1 heterocycles. The molecule has 1 aromatic carbocycles. The third-order valence-electron chi connectivity index (χ3n) is 2.29. The first-order valence-corrected chi connectivity index (χ1v) is 5.78. The van der Waals surface area contributed by atoms with Crippen molar-refractivity contribution in [1.82, 2.24) is 5.32 Å². The van der Waals surface area contributed by atoms with E-state index in [0.717, 1.165) is 5.57 Å². The lowest BCUT2D eigenvalue weighted by molar-refractivity contribution is 0.648. The van der Waals surface area contributed by atoms with Crippen LogP contribution < -0.4 is 5.32 Å². The predicted octanol–water partition coefficient (Wildman–Crippen LogP) is 3.60. The summed E-state index contributed by atoms with van der Waals surface area (Å²) in [4.78, 5) is 4.41. The third kappa shape index (κ3) is 3.23. The van der Waals surface area contributed by atoms with Crippen LogP contribution in [-0.2, 0) is 0 Å². The fourth-order valence-electron chi connectivity index (χ4n) is 1.41. The topological polar surface area (TPSA) is 24.4 Å². The van der Waals surface area contributed by atoms with E-state index >= 15 is 0 Å². The van der Waals surface area contributed by atoms with Crippen LogP contribution in [0.15, 0.2) is 41.0 Å². The van der Waals surface area contributed by atoms with Gasteiger partial charge in [0.05, 0.1) is 0 Å². The van der Waals surface area contributed by atoms with Gasteiger partial charge in [-0.2, -0.15) is 0 Å². The summed E-state index contributed by atoms with van der Waals surface area (Å²) in [6.45, 7) is 8.12. The number of aliphatic imine (C=N–C) groups is 1. The zero-order valence-corrected chi connectivity index (χ0v) is 10.5. The van der Waals surface area contributed by atoms with Gasteiger partial charge in [0.1, 0.15) is 6.17 Å². The molecule has 0 fully saturated rings. The van der Waals surface area contributed by atoms with E-state index in [4.69, 9.17) is 0 Å². The molecule has 1 aliphatic rings. The molecular formula is C14H20N2. The first-order valence-electron chi connectivity index (χ1n) is 5.78. The molecule has 1 unspecified atom stereocenters. The number of allylic oxidation sites excluding steroid dienone is 1. The molecular weight excluding hydrogens is 196 g/mol. The van der Waals surface area contributed by atoms with Gasteiger partial charge in [0, 0.05) is 12.4 Å². The summed E-state index contributed by atoms with van der Waals surface area (Å²) < 4.78 is 0. The fourth-order valence-corrected chi connectivity index (χ4v) is 1.41. The van der Waals surface area contributed by atoms with Gasteiger partial charge in [-0.05, 0) is 25.0 Å². The second-order valence-electron chi connectivity index (χ2n) is 3.65. The second kappa shape index (κ2) is 6.11. The van der Waals surface area contributed by atoms with Gasteiger partial charge in [0.25, 0.3) is 0 Å². The van der Waals surface area contributed by atoms with Crippen LogP contribution in [-0.4, -0.2) is 6.21 Å². The van der Waals surface area contributed by atoms with E-state index in [1.54, 1.807) is 0 Å². The highest BCUT2D eigenvalue weighted by atomic mass is 15.1. The van der Waals surface area contributed by atoms with Crippen molar-refractivity contribution in [2.24, 2.45) is 4.99 Å². The van der Waals surface area contributed by atoms with Crippen LogP contribution in [0.4, 0.5) is 0 Å². The van der Waals surface area contributed by atoms with Crippen LogP contribution in [0.2, 0.25) is 0 Å². The number of hydrogen-bond donors (Lipinski definition) is 1. The molecule has 1 atom stereocenters. The summed E-state index contributed by atoms with van der Waals surface area (Å²) in [5.74, 6) is 0. The highest BCUT2D eigenvalue weighted by Crippen LogP contribution is 2.17. The normalized spacial score (nSPS) is 18.0. The van der Waals surface area contributed by atoms with Crippen LogP contribution in [0.1, 0.15) is 38.1 Å². The molecule has 1 aromatic rings. The van der Waals surface area contributed by atoms with Gasteiger partial charge in [-0.15, -0.1) is 0 Å². The Labute approximate surface area is 98.1 Å². The third-order valence-corrected chi connectivity index (χ3v) is 2.29. The molecule has 0 aromatic heterocycles. The molecule has 0 bridgehead atoms. The Kier molecular flexibility index (Phi) is 4.77. The zero-order valence-electron chi connectivity index (χ0n) is 10.5. The minimum atomic E-state index is 0.0827. The molecule has 2 heteroatoms.